The van der Waals surface area contributed by atoms with Crippen LogP contribution in [0.2, 0.25) is 0 Å². The van der Waals surface area contributed by atoms with Crippen molar-refractivity contribution < 1.29 is 32.6 Å². The topological polar surface area (TPSA) is 118 Å². The lowest BCUT2D eigenvalue weighted by Crippen LogP contribution is -2.28. The highest BCUT2D eigenvalue weighted by molar-refractivity contribution is 6.12. The number of carbonyl (C=O) groups excluding carboxylic acids is 3. The lowest BCUT2D eigenvalue weighted by molar-refractivity contribution is -0.115. The molecular weight excluding hydrogens is 532 g/mol. The lowest BCUT2D eigenvalue weighted by atomic mass is 10.0. The number of nitrogens with one attached hydrogen (secondary N) is 2. The Kier molecular flexibility index (Phi) is 9.13. The number of anilines is 2. The second-order valence-corrected chi connectivity index (χ2v) is 11.2. The summed E-state index contributed by atoms with van der Waals surface area (Å²) in [6, 6.07) is 13.4. The van der Waals surface area contributed by atoms with Crippen LogP contribution in [0.15, 0.2) is 54.6 Å². The van der Waals surface area contributed by atoms with Crippen molar-refractivity contribution >= 4 is 29.2 Å². The molecule has 0 aliphatic rings. The monoisotopic (exact) mass is 563 g/mol. The van der Waals surface area contributed by atoms with Gasteiger partial charge in [-0.15, -0.1) is 0 Å². The van der Waals surface area contributed by atoms with Crippen LogP contribution in [0.25, 0.3) is 11.1 Å². The zero-order chi connectivity index (χ0) is 30.5. The minimum absolute atomic E-state index is 0.0145. The van der Waals surface area contributed by atoms with Crippen LogP contribution < -0.4 is 15.4 Å². The SMILES string of the molecule is CC(C)(C)OC(=O)Nc1cc(OC(C)(C)C)c(-c2cc(F)ccc2F)cc1NC(=O)CC(=O)c1cccc(C#N)c1. The number of rotatable bonds is 7. The Hall–Kier alpha value is -4.78. The van der Waals surface area contributed by atoms with Crippen molar-refractivity contribution in [3.63, 3.8) is 0 Å². The molecule has 0 atom stereocenters. The summed E-state index contributed by atoms with van der Waals surface area (Å²) in [5, 5.41) is 14.2. The van der Waals surface area contributed by atoms with Crippen molar-refractivity contribution in [1.82, 2.24) is 0 Å². The quantitative estimate of drug-likeness (QED) is 0.231. The molecule has 3 aromatic rings. The van der Waals surface area contributed by atoms with Crippen molar-refractivity contribution in [2.24, 2.45) is 0 Å². The van der Waals surface area contributed by atoms with E-state index in [1.807, 2.05) is 6.07 Å². The van der Waals surface area contributed by atoms with E-state index < -0.39 is 47.0 Å². The number of hydrogen-bond donors (Lipinski definition) is 2. The molecule has 0 radical (unpaired) electrons. The van der Waals surface area contributed by atoms with Gasteiger partial charge < -0.3 is 14.8 Å². The molecule has 214 valence electrons. The number of ketones is 1. The summed E-state index contributed by atoms with van der Waals surface area (Å²) in [6.45, 7) is 10.3. The van der Waals surface area contributed by atoms with Gasteiger partial charge >= 0.3 is 6.09 Å². The standard InChI is InChI=1S/C31H31F2N3O5/c1-30(2,3)40-27-15-25(36-29(39)41-31(4,5)6)24(14-22(27)21-13-20(32)10-11-23(21)33)35-28(38)16-26(37)19-9-7-8-18(12-19)17-34/h7-15H,16H2,1-6H3,(H,35,38)(H,36,39). The van der Waals surface area contributed by atoms with Gasteiger partial charge in [-0.25, -0.2) is 13.6 Å². The Labute approximate surface area is 237 Å². The van der Waals surface area contributed by atoms with Gasteiger partial charge in [0.1, 0.15) is 28.6 Å². The normalized spacial score (nSPS) is 11.3. The molecule has 41 heavy (non-hydrogen) atoms. The van der Waals surface area contributed by atoms with E-state index in [1.54, 1.807) is 41.5 Å². The number of ether oxygens (including phenoxy) is 2. The van der Waals surface area contributed by atoms with Crippen LogP contribution in [0.1, 0.15) is 63.9 Å². The first-order valence-electron chi connectivity index (χ1n) is 12.7. The number of Topliss-reactive ketones (excluding diaryl/α,β-unsaturated/α-hetero) is 1. The van der Waals surface area contributed by atoms with Crippen LogP contribution in [-0.4, -0.2) is 29.0 Å². The fraction of sp³-hybridized carbons (Fsp3) is 0.290. The van der Waals surface area contributed by atoms with Gasteiger partial charge in [0, 0.05) is 22.8 Å². The Morgan fingerprint density at radius 3 is 2.17 bits per heavy atom. The number of benzene rings is 3. The largest absolute Gasteiger partial charge is 0.487 e. The fourth-order valence-electron chi connectivity index (χ4n) is 3.73. The van der Waals surface area contributed by atoms with Gasteiger partial charge in [-0.05, 0) is 77.9 Å². The van der Waals surface area contributed by atoms with Crippen molar-refractivity contribution in [1.29, 1.82) is 5.26 Å². The zero-order valence-corrected chi connectivity index (χ0v) is 23.6. The molecule has 0 fully saturated rings. The Morgan fingerprint density at radius 1 is 0.854 bits per heavy atom. The Bertz CT molecular complexity index is 1530. The molecule has 3 rings (SSSR count). The highest BCUT2D eigenvalue weighted by Gasteiger charge is 2.24. The van der Waals surface area contributed by atoms with Gasteiger partial charge in [0.15, 0.2) is 5.78 Å². The first-order valence-corrected chi connectivity index (χ1v) is 12.7. The van der Waals surface area contributed by atoms with Crippen molar-refractivity contribution in [2.45, 2.75) is 59.2 Å². The van der Waals surface area contributed by atoms with Crippen LogP contribution in [-0.2, 0) is 9.53 Å². The summed E-state index contributed by atoms with van der Waals surface area (Å²) in [5.41, 5.74) is -1.22. The van der Waals surface area contributed by atoms with E-state index in [2.05, 4.69) is 10.6 Å². The second-order valence-electron chi connectivity index (χ2n) is 11.2. The number of nitrogens with zero attached hydrogens (tertiary/aromatic N) is 1. The highest BCUT2D eigenvalue weighted by atomic mass is 19.1. The summed E-state index contributed by atoms with van der Waals surface area (Å²) in [5.74, 6) is -2.65. The number of hydrogen-bond acceptors (Lipinski definition) is 6. The van der Waals surface area contributed by atoms with Gasteiger partial charge in [-0.2, -0.15) is 5.26 Å². The molecule has 2 amide bonds. The maximum atomic E-state index is 14.9. The number of nitriles is 1. The highest BCUT2D eigenvalue weighted by Crippen LogP contribution is 2.41. The van der Waals surface area contributed by atoms with E-state index in [9.17, 15) is 23.2 Å². The molecule has 0 spiro atoms. The zero-order valence-electron chi connectivity index (χ0n) is 23.6. The average Bonchev–Trinajstić information content (AvgIpc) is 2.85. The minimum atomic E-state index is -0.844. The number of amides is 2. The first kappa shape index (κ1) is 30.8. The van der Waals surface area contributed by atoms with Gasteiger partial charge in [0.2, 0.25) is 5.91 Å². The van der Waals surface area contributed by atoms with E-state index >= 15 is 0 Å². The van der Waals surface area contributed by atoms with Crippen molar-refractivity contribution in [2.75, 3.05) is 10.6 Å². The summed E-state index contributed by atoms with van der Waals surface area (Å²) in [4.78, 5) is 38.4. The van der Waals surface area contributed by atoms with E-state index in [4.69, 9.17) is 14.7 Å². The first-order chi connectivity index (χ1) is 19.0. The molecule has 0 saturated heterocycles. The molecule has 0 unspecified atom stereocenters. The van der Waals surface area contributed by atoms with Crippen LogP contribution >= 0.6 is 0 Å². The predicted molar refractivity (Wildman–Crippen MR) is 151 cm³/mol. The number of halogens is 2. The van der Waals surface area contributed by atoms with Crippen LogP contribution in [0.5, 0.6) is 5.75 Å². The predicted octanol–water partition coefficient (Wildman–Crippen LogP) is 7.24. The molecule has 0 aliphatic heterocycles. The minimum Gasteiger partial charge on any atom is -0.487 e. The second kappa shape index (κ2) is 12.2. The molecule has 0 heterocycles. The summed E-state index contributed by atoms with van der Waals surface area (Å²) >= 11 is 0. The van der Waals surface area contributed by atoms with E-state index in [1.165, 1.54) is 36.4 Å². The van der Waals surface area contributed by atoms with Crippen molar-refractivity contribution in [3.05, 3.63) is 77.4 Å². The molecular formula is C31H31F2N3O5. The third kappa shape index (κ3) is 8.86. The number of carbonyl (C=O) groups is 3. The summed E-state index contributed by atoms with van der Waals surface area (Å²) in [7, 11) is 0. The van der Waals surface area contributed by atoms with Crippen LogP contribution in [0, 0.1) is 23.0 Å². The Morgan fingerprint density at radius 2 is 1.54 bits per heavy atom. The van der Waals surface area contributed by atoms with E-state index in [-0.39, 0.29) is 39.4 Å². The van der Waals surface area contributed by atoms with Crippen LogP contribution in [0.4, 0.5) is 25.0 Å². The van der Waals surface area contributed by atoms with E-state index in [0.29, 0.717) is 0 Å². The van der Waals surface area contributed by atoms with Crippen molar-refractivity contribution in [3.8, 4) is 22.9 Å². The Balaban J connectivity index is 2.08. The molecule has 2 N–H and O–H groups in total. The molecule has 3 aromatic carbocycles. The summed E-state index contributed by atoms with van der Waals surface area (Å²) < 4.78 is 40.5. The molecule has 0 aliphatic carbocycles. The van der Waals surface area contributed by atoms with Gasteiger partial charge in [-0.3, -0.25) is 14.9 Å². The third-order valence-corrected chi connectivity index (χ3v) is 5.30. The van der Waals surface area contributed by atoms with Gasteiger partial charge in [0.05, 0.1) is 29.4 Å². The summed E-state index contributed by atoms with van der Waals surface area (Å²) in [6.07, 6.45) is -1.44. The lowest BCUT2D eigenvalue weighted by Gasteiger charge is -2.26. The van der Waals surface area contributed by atoms with Gasteiger partial charge in [-0.1, -0.05) is 12.1 Å². The molecule has 0 saturated carbocycles. The maximum absolute atomic E-state index is 14.9. The molecule has 0 bridgehead atoms. The third-order valence-electron chi connectivity index (χ3n) is 5.30. The molecule has 8 nitrogen and oxygen atoms in total. The van der Waals surface area contributed by atoms with Crippen LogP contribution in [0.3, 0.4) is 0 Å². The average molecular weight is 564 g/mol. The molecule has 0 aromatic heterocycles. The maximum Gasteiger partial charge on any atom is 0.412 e. The smallest absolute Gasteiger partial charge is 0.412 e. The molecule has 10 heteroatoms. The van der Waals surface area contributed by atoms with E-state index in [0.717, 1.165) is 18.2 Å². The fourth-order valence-corrected chi connectivity index (χ4v) is 3.73. The van der Waals surface area contributed by atoms with Gasteiger partial charge in [0.25, 0.3) is 0 Å².